The molecule has 0 spiro atoms. The summed E-state index contributed by atoms with van der Waals surface area (Å²) in [5, 5.41) is 1.42. The molecule has 1 aliphatic heterocycles. The highest BCUT2D eigenvalue weighted by molar-refractivity contribution is 7.96. The molecule has 1 atom stereocenters. The second-order valence-electron chi connectivity index (χ2n) is 5.81. The van der Waals surface area contributed by atoms with Gasteiger partial charge in [0.1, 0.15) is 5.82 Å². The molecule has 1 fully saturated rings. The van der Waals surface area contributed by atoms with Crippen LogP contribution in [0.3, 0.4) is 0 Å². The van der Waals surface area contributed by atoms with Crippen molar-refractivity contribution in [3.05, 3.63) is 29.6 Å². The molecule has 0 aromatic heterocycles. The first-order valence-corrected chi connectivity index (χ1v) is 11.0. The van der Waals surface area contributed by atoms with Crippen molar-refractivity contribution in [1.29, 1.82) is 0 Å². The van der Waals surface area contributed by atoms with Gasteiger partial charge in [0.2, 0.25) is 0 Å². The number of nitrogens with one attached hydrogen (secondary N) is 1. The highest BCUT2D eigenvalue weighted by atomic mass is 32.2. The first-order chi connectivity index (χ1) is 11.7. The van der Waals surface area contributed by atoms with E-state index < -0.39 is 42.4 Å². The van der Waals surface area contributed by atoms with Crippen LogP contribution in [0, 0.1) is 5.82 Å². The first-order valence-electron chi connectivity index (χ1n) is 7.68. The third-order valence-corrected chi connectivity index (χ3v) is 8.12. The van der Waals surface area contributed by atoms with Crippen LogP contribution in [0.1, 0.15) is 23.2 Å². The van der Waals surface area contributed by atoms with Crippen molar-refractivity contribution in [2.24, 2.45) is 0 Å². The molecule has 10 heteroatoms. The van der Waals surface area contributed by atoms with E-state index >= 15 is 0 Å². The predicted octanol–water partition coefficient (Wildman–Crippen LogP) is 0.553. The fourth-order valence-corrected chi connectivity index (χ4v) is 6.95. The summed E-state index contributed by atoms with van der Waals surface area (Å²) in [5.41, 5.74) is -0.389. The molecule has 1 amide bonds. The van der Waals surface area contributed by atoms with Crippen molar-refractivity contribution in [3.8, 4) is 0 Å². The Morgan fingerprint density at radius 2 is 2.12 bits per heavy atom. The molecule has 1 aromatic rings. The van der Waals surface area contributed by atoms with Gasteiger partial charge in [0.15, 0.2) is 19.7 Å². The molecule has 25 heavy (non-hydrogen) atoms. The van der Waals surface area contributed by atoms with Gasteiger partial charge in [-0.1, -0.05) is 0 Å². The lowest BCUT2D eigenvalue weighted by atomic mass is 10.2. The summed E-state index contributed by atoms with van der Waals surface area (Å²) in [7, 11) is -5.83. The average molecular weight is 393 g/mol. The quantitative estimate of drug-likeness (QED) is 0.536. The Bertz CT molecular complexity index is 851. The van der Waals surface area contributed by atoms with Gasteiger partial charge in [-0.25, -0.2) is 21.2 Å². The Kier molecular flexibility index (Phi) is 6.17. The zero-order valence-electron chi connectivity index (χ0n) is 13.7. The number of benzene rings is 1. The maximum Gasteiger partial charge on any atom is 0.254 e. The molecule has 1 unspecified atom stereocenters. The number of sulfone groups is 2. The van der Waals surface area contributed by atoms with E-state index in [1.165, 1.54) is 7.11 Å². The second-order valence-corrected chi connectivity index (χ2v) is 10.3. The van der Waals surface area contributed by atoms with E-state index in [1.807, 2.05) is 0 Å². The lowest BCUT2D eigenvalue weighted by Crippen LogP contribution is -2.27. The van der Waals surface area contributed by atoms with Crippen LogP contribution in [0.2, 0.25) is 0 Å². The van der Waals surface area contributed by atoms with Crippen LogP contribution in [-0.4, -0.2) is 59.8 Å². The van der Waals surface area contributed by atoms with Gasteiger partial charge >= 0.3 is 0 Å². The third kappa shape index (κ3) is 4.77. The minimum atomic E-state index is -3.96. The number of carbonyl (C=O) groups is 1. The maximum absolute atomic E-state index is 13.9. The van der Waals surface area contributed by atoms with Crippen molar-refractivity contribution in [3.63, 3.8) is 0 Å². The number of halogens is 1. The summed E-state index contributed by atoms with van der Waals surface area (Å²) in [6.45, 7) is 0.678. The second kappa shape index (κ2) is 7.79. The standard InChI is InChI=1S/C15H20FNO6S2/c1-23-7-2-6-17-15(18)13-9-11(3-4-14(13)16)25(21,22)12-5-8-24(19,20)10-12/h3-4,9,12H,2,5-8,10H2,1H3,(H,17,18). The number of amides is 1. The van der Waals surface area contributed by atoms with Crippen molar-refractivity contribution in [2.75, 3.05) is 31.8 Å². The van der Waals surface area contributed by atoms with Gasteiger partial charge in [-0.2, -0.15) is 0 Å². The van der Waals surface area contributed by atoms with Crippen LogP contribution >= 0.6 is 0 Å². The Morgan fingerprint density at radius 1 is 1.40 bits per heavy atom. The van der Waals surface area contributed by atoms with Crippen molar-refractivity contribution >= 4 is 25.6 Å². The molecule has 1 aromatic carbocycles. The molecule has 0 bridgehead atoms. The Labute approximate surface area is 146 Å². The summed E-state index contributed by atoms with van der Waals surface area (Å²) >= 11 is 0. The van der Waals surface area contributed by atoms with Crippen LogP contribution in [0.25, 0.3) is 0 Å². The fourth-order valence-electron chi connectivity index (χ4n) is 2.57. The van der Waals surface area contributed by atoms with Crippen molar-refractivity contribution in [1.82, 2.24) is 5.32 Å². The molecular weight excluding hydrogens is 373 g/mol. The number of methoxy groups -OCH3 is 1. The van der Waals surface area contributed by atoms with Gasteiger partial charge in [0.25, 0.3) is 5.91 Å². The van der Waals surface area contributed by atoms with Crippen LogP contribution in [0.15, 0.2) is 23.1 Å². The van der Waals surface area contributed by atoms with Gasteiger partial charge < -0.3 is 10.1 Å². The summed E-state index contributed by atoms with van der Waals surface area (Å²) in [5.74, 6) is -2.22. The van der Waals surface area contributed by atoms with E-state index in [0.717, 1.165) is 18.2 Å². The fraction of sp³-hybridized carbons (Fsp3) is 0.533. The normalized spacial score (nSPS) is 19.7. The summed E-state index contributed by atoms with van der Waals surface area (Å²) in [4.78, 5) is 11.8. The summed E-state index contributed by atoms with van der Waals surface area (Å²) in [6, 6.07) is 2.92. The third-order valence-electron chi connectivity index (χ3n) is 3.95. The monoisotopic (exact) mass is 393 g/mol. The number of hydrogen-bond acceptors (Lipinski definition) is 6. The molecule has 1 saturated heterocycles. The van der Waals surface area contributed by atoms with Gasteiger partial charge in [-0.15, -0.1) is 0 Å². The topological polar surface area (TPSA) is 107 Å². The lowest BCUT2D eigenvalue weighted by Gasteiger charge is -2.12. The van der Waals surface area contributed by atoms with E-state index in [-0.39, 0.29) is 29.2 Å². The number of hydrogen-bond donors (Lipinski definition) is 1. The summed E-state index contributed by atoms with van der Waals surface area (Å²) < 4.78 is 66.9. The highest BCUT2D eigenvalue weighted by Crippen LogP contribution is 2.26. The van der Waals surface area contributed by atoms with E-state index in [0.29, 0.717) is 13.0 Å². The predicted molar refractivity (Wildman–Crippen MR) is 89.5 cm³/mol. The Balaban J connectivity index is 2.22. The van der Waals surface area contributed by atoms with Crippen molar-refractivity contribution in [2.45, 2.75) is 23.0 Å². The van der Waals surface area contributed by atoms with Gasteiger partial charge in [0.05, 0.1) is 27.2 Å². The zero-order valence-corrected chi connectivity index (χ0v) is 15.3. The Morgan fingerprint density at radius 3 is 2.72 bits per heavy atom. The lowest BCUT2D eigenvalue weighted by molar-refractivity contribution is 0.0944. The van der Waals surface area contributed by atoms with Crippen molar-refractivity contribution < 1.29 is 30.8 Å². The van der Waals surface area contributed by atoms with E-state index in [9.17, 15) is 26.0 Å². The molecule has 0 saturated carbocycles. The van der Waals surface area contributed by atoms with E-state index in [1.54, 1.807) is 0 Å². The molecule has 2 rings (SSSR count). The molecule has 0 radical (unpaired) electrons. The van der Waals surface area contributed by atoms with Gasteiger partial charge in [-0.05, 0) is 31.0 Å². The number of ether oxygens (including phenoxy) is 1. The molecular formula is C15H20FNO6S2. The van der Waals surface area contributed by atoms with Crippen LogP contribution in [0.5, 0.6) is 0 Å². The zero-order chi connectivity index (χ0) is 18.7. The minimum absolute atomic E-state index is 0.000586. The van der Waals surface area contributed by atoms with Crippen LogP contribution < -0.4 is 5.32 Å². The highest BCUT2D eigenvalue weighted by Gasteiger charge is 2.38. The SMILES string of the molecule is COCCCNC(=O)c1cc(S(=O)(=O)C2CCS(=O)(=O)C2)ccc1F. The molecule has 1 N–H and O–H groups in total. The van der Waals surface area contributed by atoms with E-state index in [2.05, 4.69) is 5.32 Å². The van der Waals surface area contributed by atoms with Crippen LogP contribution in [0.4, 0.5) is 4.39 Å². The molecule has 0 aliphatic carbocycles. The molecule has 1 aliphatic rings. The van der Waals surface area contributed by atoms with Gasteiger partial charge in [-0.3, -0.25) is 4.79 Å². The first kappa shape index (κ1) is 19.8. The maximum atomic E-state index is 13.9. The van der Waals surface area contributed by atoms with E-state index in [4.69, 9.17) is 4.74 Å². The molecule has 1 heterocycles. The Hall–Kier alpha value is -1.52. The largest absolute Gasteiger partial charge is 0.385 e. The number of carbonyl (C=O) groups excluding carboxylic acids is 1. The molecule has 140 valence electrons. The molecule has 7 nitrogen and oxygen atoms in total. The smallest absolute Gasteiger partial charge is 0.254 e. The average Bonchev–Trinajstić information content (AvgIpc) is 2.92. The minimum Gasteiger partial charge on any atom is -0.385 e. The summed E-state index contributed by atoms with van der Waals surface area (Å²) in [6.07, 6.45) is 0.530. The van der Waals surface area contributed by atoms with Crippen LogP contribution in [-0.2, 0) is 24.4 Å². The van der Waals surface area contributed by atoms with Gasteiger partial charge in [0, 0.05) is 20.3 Å². The number of rotatable bonds is 7.